The van der Waals surface area contributed by atoms with E-state index in [0.717, 1.165) is 47.5 Å². The van der Waals surface area contributed by atoms with Gasteiger partial charge < -0.3 is 5.32 Å². The number of rotatable bonds is 4. The van der Waals surface area contributed by atoms with Crippen LogP contribution in [0.15, 0.2) is 36.7 Å². The number of likely N-dealkylation sites (tertiary alicyclic amines) is 1. The number of carbonyl (C=O) groups is 1. The second-order valence-electron chi connectivity index (χ2n) is 6.48. The van der Waals surface area contributed by atoms with Crippen LogP contribution in [0.4, 0.5) is 4.39 Å². The lowest BCUT2D eigenvalue weighted by Gasteiger charge is -2.16. The molecule has 7 heteroatoms. The van der Waals surface area contributed by atoms with Gasteiger partial charge in [-0.1, -0.05) is 12.1 Å². The molecule has 5 nitrogen and oxygen atoms in total. The normalized spacial score (nSPS) is 17.7. The van der Waals surface area contributed by atoms with E-state index < -0.39 is 0 Å². The van der Waals surface area contributed by atoms with Crippen LogP contribution >= 0.6 is 11.3 Å². The molecule has 134 valence electrons. The molecule has 1 aliphatic heterocycles. The average Bonchev–Trinajstić information content (AvgIpc) is 3.27. The van der Waals surface area contributed by atoms with E-state index in [1.54, 1.807) is 19.4 Å². The van der Waals surface area contributed by atoms with E-state index in [4.69, 9.17) is 0 Å². The number of thiophene rings is 1. The Labute approximate surface area is 154 Å². The van der Waals surface area contributed by atoms with Crippen molar-refractivity contribution in [1.82, 2.24) is 20.2 Å². The standard InChI is InChI=1S/C19H19FN4OS/c1-21-18(25)17-15(16-19(26-17)23-8-7-22-16)13-6-9-24(11-13)10-12-2-4-14(20)5-3-12/h2-5,7-8,13H,6,9-11H2,1H3,(H,21,25)/t13-/m0/s1. The fourth-order valence-electron chi connectivity index (χ4n) is 3.56. The monoisotopic (exact) mass is 370 g/mol. The van der Waals surface area contributed by atoms with Gasteiger partial charge in [-0.3, -0.25) is 14.7 Å². The van der Waals surface area contributed by atoms with Crippen LogP contribution in [0.2, 0.25) is 0 Å². The lowest BCUT2D eigenvalue weighted by atomic mass is 9.97. The van der Waals surface area contributed by atoms with Crippen molar-refractivity contribution in [3.05, 3.63) is 58.5 Å². The number of hydrogen-bond donors (Lipinski definition) is 1. The molecule has 0 unspecified atom stereocenters. The second kappa shape index (κ2) is 7.09. The number of aromatic nitrogens is 2. The molecular formula is C19H19FN4OS. The fraction of sp³-hybridized carbons (Fsp3) is 0.316. The maximum atomic E-state index is 13.1. The molecule has 0 spiro atoms. The first-order valence-electron chi connectivity index (χ1n) is 8.58. The molecule has 1 aromatic carbocycles. The SMILES string of the molecule is CNC(=O)c1sc2nccnc2c1[C@H]1CCN(Cc2ccc(F)cc2)C1. The number of fused-ring (bicyclic) bond motifs is 1. The first kappa shape index (κ1) is 17.1. The molecule has 4 rings (SSSR count). The Morgan fingerprint density at radius 3 is 2.85 bits per heavy atom. The third-order valence-electron chi connectivity index (χ3n) is 4.80. The molecule has 26 heavy (non-hydrogen) atoms. The number of hydrogen-bond acceptors (Lipinski definition) is 5. The molecule has 2 aromatic heterocycles. The van der Waals surface area contributed by atoms with Gasteiger partial charge in [0.1, 0.15) is 16.2 Å². The average molecular weight is 370 g/mol. The van der Waals surface area contributed by atoms with Crippen molar-refractivity contribution < 1.29 is 9.18 Å². The highest BCUT2D eigenvalue weighted by Gasteiger charge is 2.31. The van der Waals surface area contributed by atoms with Crippen molar-refractivity contribution in [2.45, 2.75) is 18.9 Å². The van der Waals surface area contributed by atoms with E-state index in [1.807, 2.05) is 12.1 Å². The predicted octanol–water partition coefficient (Wildman–Crippen LogP) is 3.18. The first-order chi connectivity index (χ1) is 12.7. The Bertz CT molecular complexity index is 940. The summed E-state index contributed by atoms with van der Waals surface area (Å²) in [5, 5.41) is 2.73. The van der Waals surface area contributed by atoms with Crippen LogP contribution in [0.5, 0.6) is 0 Å². The number of nitrogens with one attached hydrogen (secondary N) is 1. The van der Waals surface area contributed by atoms with Crippen molar-refractivity contribution in [3.63, 3.8) is 0 Å². The van der Waals surface area contributed by atoms with E-state index >= 15 is 0 Å². The lowest BCUT2D eigenvalue weighted by molar-refractivity contribution is 0.0966. The molecule has 0 aliphatic carbocycles. The number of carbonyl (C=O) groups excluding carboxylic acids is 1. The molecule has 0 radical (unpaired) electrons. The Morgan fingerprint density at radius 2 is 2.08 bits per heavy atom. The van der Waals surface area contributed by atoms with Gasteiger partial charge in [0.2, 0.25) is 0 Å². The Morgan fingerprint density at radius 1 is 1.31 bits per heavy atom. The van der Waals surface area contributed by atoms with E-state index in [2.05, 4.69) is 20.2 Å². The Kier molecular flexibility index (Phi) is 4.65. The predicted molar refractivity (Wildman–Crippen MR) is 99.8 cm³/mol. The Hall–Kier alpha value is -2.38. The van der Waals surface area contributed by atoms with Crippen molar-refractivity contribution in [2.24, 2.45) is 0 Å². The third kappa shape index (κ3) is 3.20. The summed E-state index contributed by atoms with van der Waals surface area (Å²) in [7, 11) is 1.65. The topological polar surface area (TPSA) is 58.1 Å². The fourth-order valence-corrected chi connectivity index (χ4v) is 4.70. The maximum absolute atomic E-state index is 13.1. The van der Waals surface area contributed by atoms with E-state index in [0.29, 0.717) is 4.88 Å². The minimum atomic E-state index is -0.216. The number of benzene rings is 1. The largest absolute Gasteiger partial charge is 0.354 e. The molecule has 3 aromatic rings. The highest BCUT2D eigenvalue weighted by Crippen LogP contribution is 2.38. The molecule has 1 amide bonds. The zero-order valence-electron chi connectivity index (χ0n) is 14.4. The van der Waals surface area contributed by atoms with E-state index in [9.17, 15) is 9.18 Å². The quantitative estimate of drug-likeness (QED) is 0.766. The first-order valence-corrected chi connectivity index (χ1v) is 9.39. The van der Waals surface area contributed by atoms with Gasteiger partial charge in [0.15, 0.2) is 0 Å². The molecule has 0 saturated carbocycles. The van der Waals surface area contributed by atoms with Gasteiger partial charge in [-0.2, -0.15) is 0 Å². The third-order valence-corrected chi connectivity index (χ3v) is 5.90. The summed E-state index contributed by atoms with van der Waals surface area (Å²) in [5.74, 6) is -0.0541. The van der Waals surface area contributed by atoms with Crippen LogP contribution in [-0.4, -0.2) is 40.9 Å². The molecule has 1 N–H and O–H groups in total. The number of amides is 1. The smallest absolute Gasteiger partial charge is 0.261 e. The van der Waals surface area contributed by atoms with Crippen LogP contribution in [0.25, 0.3) is 10.3 Å². The zero-order valence-corrected chi connectivity index (χ0v) is 15.2. The molecular weight excluding hydrogens is 351 g/mol. The van der Waals surface area contributed by atoms with Gasteiger partial charge in [0.25, 0.3) is 5.91 Å². The van der Waals surface area contributed by atoms with Gasteiger partial charge in [0.05, 0.1) is 4.88 Å². The van der Waals surface area contributed by atoms with E-state index in [1.165, 1.54) is 23.5 Å². The highest BCUT2D eigenvalue weighted by atomic mass is 32.1. The summed E-state index contributed by atoms with van der Waals surface area (Å²) >= 11 is 1.40. The highest BCUT2D eigenvalue weighted by molar-refractivity contribution is 7.20. The summed E-state index contributed by atoms with van der Waals surface area (Å²) in [6.07, 6.45) is 4.30. The lowest BCUT2D eigenvalue weighted by Crippen LogP contribution is -2.21. The summed E-state index contributed by atoms with van der Waals surface area (Å²) < 4.78 is 13.1. The van der Waals surface area contributed by atoms with Crippen LogP contribution in [0.3, 0.4) is 0 Å². The Balaban J connectivity index is 1.60. The van der Waals surface area contributed by atoms with Crippen molar-refractivity contribution in [1.29, 1.82) is 0 Å². The summed E-state index contributed by atoms with van der Waals surface area (Å²) in [4.78, 5) is 25.1. The molecule has 3 heterocycles. The number of halogens is 1. The molecule has 1 saturated heterocycles. The van der Waals surface area contributed by atoms with Crippen molar-refractivity contribution >= 4 is 27.6 Å². The van der Waals surface area contributed by atoms with E-state index in [-0.39, 0.29) is 17.6 Å². The molecule has 0 bridgehead atoms. The maximum Gasteiger partial charge on any atom is 0.261 e. The summed E-state index contributed by atoms with van der Waals surface area (Å²) in [6.45, 7) is 2.57. The van der Waals surface area contributed by atoms with Gasteiger partial charge in [-0.15, -0.1) is 11.3 Å². The molecule has 1 atom stereocenters. The van der Waals surface area contributed by atoms with Gasteiger partial charge >= 0.3 is 0 Å². The minimum Gasteiger partial charge on any atom is -0.354 e. The van der Waals surface area contributed by atoms with Crippen LogP contribution in [0.1, 0.15) is 33.1 Å². The summed E-state index contributed by atoms with van der Waals surface area (Å²) in [6, 6.07) is 6.64. The van der Waals surface area contributed by atoms with Crippen molar-refractivity contribution in [2.75, 3.05) is 20.1 Å². The van der Waals surface area contributed by atoms with Crippen LogP contribution in [-0.2, 0) is 6.54 Å². The number of nitrogens with zero attached hydrogens (tertiary/aromatic N) is 3. The zero-order chi connectivity index (χ0) is 18.1. The van der Waals surface area contributed by atoms with Gasteiger partial charge in [0, 0.05) is 44.0 Å². The van der Waals surface area contributed by atoms with Crippen molar-refractivity contribution in [3.8, 4) is 0 Å². The van der Waals surface area contributed by atoms with Crippen LogP contribution < -0.4 is 5.32 Å². The minimum absolute atomic E-state index is 0.0817. The van der Waals surface area contributed by atoms with Gasteiger partial charge in [-0.05, 0) is 30.7 Å². The van der Waals surface area contributed by atoms with Gasteiger partial charge in [-0.25, -0.2) is 9.37 Å². The van der Waals surface area contributed by atoms with Crippen LogP contribution in [0, 0.1) is 5.82 Å². The second-order valence-corrected chi connectivity index (χ2v) is 7.48. The molecule has 1 aliphatic rings. The molecule has 1 fully saturated rings. The summed E-state index contributed by atoms with van der Waals surface area (Å²) in [5.41, 5.74) is 2.94.